The van der Waals surface area contributed by atoms with Crippen molar-refractivity contribution >= 4 is 11.7 Å². The third kappa shape index (κ3) is 3.63. The molecule has 94 valence electrons. The Morgan fingerprint density at radius 1 is 1.26 bits per heavy atom. The number of hydrogen-bond donors (Lipinski definition) is 2. The fraction of sp³-hybridized carbons (Fsp3) is 0.0714. The Hall–Kier alpha value is -2.71. The maximum Gasteiger partial charge on any atom is 0.256 e. The van der Waals surface area contributed by atoms with E-state index in [0.29, 0.717) is 11.4 Å². The lowest BCUT2D eigenvalue weighted by atomic mass is 10.1. The van der Waals surface area contributed by atoms with Gasteiger partial charge in [0.05, 0.1) is 0 Å². The van der Waals surface area contributed by atoms with Crippen molar-refractivity contribution in [2.75, 3.05) is 11.9 Å². The van der Waals surface area contributed by atoms with Crippen LogP contribution in [0.1, 0.15) is 15.9 Å². The molecule has 2 N–H and O–H groups in total. The quantitative estimate of drug-likeness (QED) is 0.785. The number of anilines is 1. The van der Waals surface area contributed by atoms with Gasteiger partial charge in [-0.3, -0.25) is 4.79 Å². The molecule has 1 aromatic heterocycles. The Morgan fingerprint density at radius 2 is 2.05 bits per heavy atom. The number of nitrogens with zero attached hydrogens (tertiary/aromatic N) is 2. The summed E-state index contributed by atoms with van der Waals surface area (Å²) in [6.45, 7) is -0.186. The second kappa shape index (κ2) is 6.28. The van der Waals surface area contributed by atoms with Crippen LogP contribution in [0.4, 0.5) is 5.82 Å². The zero-order chi connectivity index (χ0) is 13.5. The molecule has 0 saturated carbocycles. The molecule has 5 heteroatoms. The number of rotatable bonds is 2. The minimum absolute atomic E-state index is 0.186. The van der Waals surface area contributed by atoms with E-state index in [0.717, 1.165) is 5.56 Å². The van der Waals surface area contributed by atoms with Gasteiger partial charge in [0.15, 0.2) is 5.82 Å². The van der Waals surface area contributed by atoms with Crippen molar-refractivity contribution < 1.29 is 9.90 Å². The number of aromatic nitrogens is 2. The molecular formula is C14H11N3O2. The van der Waals surface area contributed by atoms with Crippen LogP contribution in [0.3, 0.4) is 0 Å². The predicted octanol–water partition coefficient (Wildman–Crippen LogP) is 1.07. The summed E-state index contributed by atoms with van der Waals surface area (Å²) < 4.78 is 0. The number of carbonyl (C=O) groups is 1. The first-order valence-electron chi connectivity index (χ1n) is 5.58. The van der Waals surface area contributed by atoms with E-state index in [1.807, 2.05) is 0 Å². The molecule has 0 aliphatic rings. The van der Waals surface area contributed by atoms with E-state index in [1.54, 1.807) is 36.4 Å². The lowest BCUT2D eigenvalue weighted by Gasteiger charge is -2.03. The first-order chi connectivity index (χ1) is 9.29. The second-order valence-corrected chi connectivity index (χ2v) is 3.60. The van der Waals surface area contributed by atoms with Crippen molar-refractivity contribution in [3.05, 3.63) is 53.7 Å². The normalized spacial score (nSPS) is 9.32. The van der Waals surface area contributed by atoms with Gasteiger partial charge < -0.3 is 10.4 Å². The van der Waals surface area contributed by atoms with Crippen LogP contribution in [-0.4, -0.2) is 27.8 Å². The molecule has 19 heavy (non-hydrogen) atoms. The molecule has 5 nitrogen and oxygen atoms in total. The summed E-state index contributed by atoms with van der Waals surface area (Å²) >= 11 is 0. The number of hydrogen-bond acceptors (Lipinski definition) is 4. The summed E-state index contributed by atoms with van der Waals surface area (Å²) in [4.78, 5) is 11.9. The van der Waals surface area contributed by atoms with Gasteiger partial charge in [0.2, 0.25) is 0 Å². The van der Waals surface area contributed by atoms with Gasteiger partial charge in [-0.2, -0.15) is 5.10 Å². The Bertz CT molecular complexity index is 613. The van der Waals surface area contributed by atoms with Crippen molar-refractivity contribution in [2.45, 2.75) is 0 Å². The zero-order valence-electron chi connectivity index (χ0n) is 10.00. The molecule has 0 spiro atoms. The van der Waals surface area contributed by atoms with Gasteiger partial charge in [0, 0.05) is 17.3 Å². The van der Waals surface area contributed by atoms with Crippen LogP contribution in [0, 0.1) is 11.8 Å². The van der Waals surface area contributed by atoms with Crippen molar-refractivity contribution in [1.29, 1.82) is 0 Å². The largest absolute Gasteiger partial charge is 0.384 e. The monoisotopic (exact) mass is 253 g/mol. The number of aliphatic hydroxyl groups excluding tert-OH is 1. The van der Waals surface area contributed by atoms with Crippen LogP contribution in [0.25, 0.3) is 0 Å². The van der Waals surface area contributed by atoms with Gasteiger partial charge in [0.1, 0.15) is 6.61 Å². The van der Waals surface area contributed by atoms with Gasteiger partial charge in [-0.25, -0.2) is 0 Å². The molecule has 1 amide bonds. The number of nitrogens with one attached hydrogen (secondary N) is 1. The van der Waals surface area contributed by atoms with E-state index in [1.165, 1.54) is 6.20 Å². The summed E-state index contributed by atoms with van der Waals surface area (Å²) in [5, 5.41) is 18.7. The summed E-state index contributed by atoms with van der Waals surface area (Å²) in [7, 11) is 0. The van der Waals surface area contributed by atoms with Crippen LogP contribution in [0.15, 0.2) is 42.6 Å². The lowest BCUT2D eigenvalue weighted by Crippen LogP contribution is -2.13. The van der Waals surface area contributed by atoms with E-state index in [-0.39, 0.29) is 12.5 Å². The van der Waals surface area contributed by atoms with Crippen molar-refractivity contribution in [3.8, 4) is 11.8 Å². The van der Waals surface area contributed by atoms with Crippen LogP contribution >= 0.6 is 0 Å². The Labute approximate surface area is 110 Å². The SMILES string of the molecule is O=C(Nc1cccnn1)c1ccc(C#CCO)cc1. The minimum Gasteiger partial charge on any atom is -0.384 e. The van der Waals surface area contributed by atoms with E-state index in [2.05, 4.69) is 27.4 Å². The molecule has 1 aromatic carbocycles. The summed E-state index contributed by atoms with van der Waals surface area (Å²) in [6, 6.07) is 10.1. The van der Waals surface area contributed by atoms with Gasteiger partial charge >= 0.3 is 0 Å². The van der Waals surface area contributed by atoms with E-state index in [9.17, 15) is 4.79 Å². The molecule has 0 fully saturated rings. The highest BCUT2D eigenvalue weighted by Gasteiger charge is 2.06. The molecule has 1 heterocycles. The third-order valence-corrected chi connectivity index (χ3v) is 2.27. The molecule has 2 rings (SSSR count). The van der Waals surface area contributed by atoms with Crippen molar-refractivity contribution in [1.82, 2.24) is 10.2 Å². The van der Waals surface area contributed by atoms with Crippen LogP contribution < -0.4 is 5.32 Å². The van der Waals surface area contributed by atoms with Gasteiger partial charge in [0.25, 0.3) is 5.91 Å². The molecule has 0 atom stereocenters. The zero-order valence-corrected chi connectivity index (χ0v) is 10.00. The molecule has 0 aliphatic heterocycles. The Morgan fingerprint density at radius 3 is 2.68 bits per heavy atom. The molecule has 0 radical (unpaired) electrons. The molecule has 0 bridgehead atoms. The molecular weight excluding hydrogens is 242 g/mol. The van der Waals surface area contributed by atoms with Crippen LogP contribution in [0.5, 0.6) is 0 Å². The van der Waals surface area contributed by atoms with E-state index < -0.39 is 0 Å². The number of carbonyl (C=O) groups excluding carboxylic acids is 1. The second-order valence-electron chi connectivity index (χ2n) is 3.60. The maximum absolute atomic E-state index is 11.9. The highest BCUT2D eigenvalue weighted by molar-refractivity contribution is 6.03. The van der Waals surface area contributed by atoms with E-state index in [4.69, 9.17) is 5.11 Å². The smallest absolute Gasteiger partial charge is 0.256 e. The summed E-state index contributed by atoms with van der Waals surface area (Å²) in [5.74, 6) is 5.43. The minimum atomic E-state index is -0.262. The number of amides is 1. The fourth-order valence-corrected chi connectivity index (χ4v) is 1.40. The summed E-state index contributed by atoms with van der Waals surface area (Å²) in [5.41, 5.74) is 1.24. The topological polar surface area (TPSA) is 75.1 Å². The average molecular weight is 253 g/mol. The van der Waals surface area contributed by atoms with Crippen LogP contribution in [0.2, 0.25) is 0 Å². The first kappa shape index (κ1) is 12.7. The number of aliphatic hydroxyl groups is 1. The average Bonchev–Trinajstić information content (AvgIpc) is 2.46. The van der Waals surface area contributed by atoms with E-state index >= 15 is 0 Å². The van der Waals surface area contributed by atoms with Gasteiger partial charge in [-0.15, -0.1) is 5.10 Å². The molecule has 0 unspecified atom stereocenters. The standard InChI is InChI=1S/C14H11N3O2/c18-10-2-3-11-5-7-12(8-6-11)14(19)16-13-4-1-9-15-17-13/h1,4-9,18H,10H2,(H,16,17,19). The molecule has 0 aliphatic carbocycles. The van der Waals surface area contributed by atoms with Crippen molar-refractivity contribution in [3.63, 3.8) is 0 Å². The highest BCUT2D eigenvalue weighted by Crippen LogP contribution is 2.06. The molecule has 2 aromatic rings. The maximum atomic E-state index is 11.9. The first-order valence-corrected chi connectivity index (χ1v) is 5.58. The highest BCUT2D eigenvalue weighted by atomic mass is 16.2. The van der Waals surface area contributed by atoms with Crippen LogP contribution in [-0.2, 0) is 0 Å². The van der Waals surface area contributed by atoms with Gasteiger partial charge in [-0.1, -0.05) is 11.8 Å². The summed E-state index contributed by atoms with van der Waals surface area (Å²) in [6.07, 6.45) is 1.53. The Balaban J connectivity index is 2.08. The molecule has 0 saturated heterocycles. The van der Waals surface area contributed by atoms with Gasteiger partial charge in [-0.05, 0) is 36.4 Å². The predicted molar refractivity (Wildman–Crippen MR) is 70.4 cm³/mol. The fourth-order valence-electron chi connectivity index (χ4n) is 1.40. The third-order valence-electron chi connectivity index (χ3n) is 2.27. The van der Waals surface area contributed by atoms with Crippen molar-refractivity contribution in [2.24, 2.45) is 0 Å². The Kier molecular flexibility index (Phi) is 4.21. The number of benzene rings is 1. The lowest BCUT2D eigenvalue weighted by molar-refractivity contribution is 0.102.